The second-order valence-corrected chi connectivity index (χ2v) is 11.3. The molecule has 3 heterocycles. The average molecular weight is 439 g/mol. The van der Waals surface area contributed by atoms with E-state index in [-0.39, 0.29) is 23.3 Å². The normalized spacial score (nSPS) is 19.3. The van der Waals surface area contributed by atoms with Gasteiger partial charge in [-0.15, -0.1) is 0 Å². The highest BCUT2D eigenvalue weighted by Gasteiger charge is 2.30. The molecule has 0 unspecified atom stereocenters. The van der Waals surface area contributed by atoms with Crippen LogP contribution in [-0.2, 0) is 24.9 Å². The molecule has 0 aliphatic carbocycles. The molecular formula is C26H38N4O2. The third-order valence-corrected chi connectivity index (χ3v) is 6.86. The Morgan fingerprint density at radius 2 is 2.03 bits per heavy atom. The molecule has 0 bridgehead atoms. The van der Waals surface area contributed by atoms with Crippen LogP contribution in [0.2, 0.25) is 0 Å². The van der Waals surface area contributed by atoms with Crippen molar-refractivity contribution in [2.45, 2.75) is 78.4 Å². The van der Waals surface area contributed by atoms with Crippen molar-refractivity contribution in [3.8, 4) is 0 Å². The zero-order valence-electron chi connectivity index (χ0n) is 20.2. The number of nitrogens with zero attached hydrogens (tertiary/aromatic N) is 3. The minimum Gasteiger partial charge on any atom is -0.396 e. The molecule has 6 heteroatoms. The van der Waals surface area contributed by atoms with Crippen LogP contribution in [0.4, 0.5) is 0 Å². The summed E-state index contributed by atoms with van der Waals surface area (Å²) in [6.45, 7) is 13.9. The van der Waals surface area contributed by atoms with Gasteiger partial charge >= 0.3 is 0 Å². The first-order valence-corrected chi connectivity index (χ1v) is 11.9. The summed E-state index contributed by atoms with van der Waals surface area (Å²) in [6.07, 6.45) is 6.72. The van der Waals surface area contributed by atoms with Crippen LogP contribution in [0.5, 0.6) is 0 Å². The fourth-order valence-electron chi connectivity index (χ4n) is 4.80. The van der Waals surface area contributed by atoms with Crippen molar-refractivity contribution in [3.05, 3.63) is 52.3 Å². The molecule has 1 amide bonds. The summed E-state index contributed by atoms with van der Waals surface area (Å²) < 4.78 is 1.77. The fourth-order valence-corrected chi connectivity index (χ4v) is 4.80. The molecule has 2 aliphatic heterocycles. The number of hydrogen-bond donors (Lipinski definition) is 2. The molecule has 1 fully saturated rings. The van der Waals surface area contributed by atoms with Crippen molar-refractivity contribution in [2.24, 2.45) is 5.41 Å². The van der Waals surface area contributed by atoms with E-state index in [9.17, 15) is 9.90 Å². The third-order valence-electron chi connectivity index (χ3n) is 6.86. The van der Waals surface area contributed by atoms with E-state index in [1.165, 1.54) is 28.7 Å². The van der Waals surface area contributed by atoms with E-state index >= 15 is 0 Å². The van der Waals surface area contributed by atoms with Crippen LogP contribution in [0.15, 0.2) is 24.5 Å². The summed E-state index contributed by atoms with van der Waals surface area (Å²) in [5.41, 5.74) is 5.93. The molecular weight excluding hydrogens is 400 g/mol. The van der Waals surface area contributed by atoms with Crippen molar-refractivity contribution >= 4 is 5.91 Å². The van der Waals surface area contributed by atoms with E-state index in [0.29, 0.717) is 24.7 Å². The second kappa shape index (κ2) is 8.64. The Hall–Kier alpha value is -2.18. The van der Waals surface area contributed by atoms with Crippen molar-refractivity contribution in [2.75, 3.05) is 19.7 Å². The Kier molecular flexibility index (Phi) is 6.21. The summed E-state index contributed by atoms with van der Waals surface area (Å²) in [6, 6.07) is 5.12. The number of aliphatic hydroxyl groups is 1. The molecule has 1 atom stereocenters. The standard InChI is InChI=1S/C26H38N4O2/c1-25(2,3)20-11-18-8-10-29(15-22(18)21(12-20)23-7-6-9-27-23)24(32)19-13-28-30(14-19)16-26(4,5)17-31/h11-14,23,27,31H,6-10,15-17H2,1-5H3/t23-/m0/s1. The van der Waals surface area contributed by atoms with E-state index in [1.54, 1.807) is 10.9 Å². The minimum absolute atomic E-state index is 0.0360. The first-order chi connectivity index (χ1) is 15.1. The predicted octanol–water partition coefficient (Wildman–Crippen LogP) is 3.82. The molecule has 1 aromatic carbocycles. The summed E-state index contributed by atoms with van der Waals surface area (Å²) in [4.78, 5) is 15.3. The Morgan fingerprint density at radius 3 is 2.69 bits per heavy atom. The lowest BCUT2D eigenvalue weighted by atomic mass is 9.80. The van der Waals surface area contributed by atoms with Gasteiger partial charge in [0, 0.05) is 43.9 Å². The number of benzene rings is 1. The maximum atomic E-state index is 13.3. The molecule has 174 valence electrons. The van der Waals surface area contributed by atoms with Crippen LogP contribution in [0.1, 0.15) is 86.1 Å². The van der Waals surface area contributed by atoms with E-state index in [1.807, 2.05) is 24.9 Å². The highest BCUT2D eigenvalue weighted by molar-refractivity contribution is 5.93. The number of amides is 1. The fraction of sp³-hybridized carbons (Fsp3) is 0.615. The Labute approximate surface area is 192 Å². The topological polar surface area (TPSA) is 70.4 Å². The highest BCUT2D eigenvalue weighted by atomic mass is 16.3. The van der Waals surface area contributed by atoms with Crippen LogP contribution >= 0.6 is 0 Å². The third kappa shape index (κ3) is 4.76. The first kappa shape index (κ1) is 23.0. The molecule has 2 aliphatic rings. The van der Waals surface area contributed by atoms with Crippen LogP contribution in [0, 0.1) is 5.41 Å². The van der Waals surface area contributed by atoms with Crippen LogP contribution < -0.4 is 5.32 Å². The number of carbonyl (C=O) groups is 1. The van der Waals surface area contributed by atoms with Gasteiger partial charge in [-0.25, -0.2) is 0 Å². The number of aromatic nitrogens is 2. The number of hydrogen-bond acceptors (Lipinski definition) is 4. The summed E-state index contributed by atoms with van der Waals surface area (Å²) in [5.74, 6) is 0.0360. The highest BCUT2D eigenvalue weighted by Crippen LogP contribution is 2.36. The predicted molar refractivity (Wildman–Crippen MR) is 127 cm³/mol. The van der Waals surface area contributed by atoms with Gasteiger partial charge in [0.15, 0.2) is 0 Å². The monoisotopic (exact) mass is 438 g/mol. The Morgan fingerprint density at radius 1 is 1.25 bits per heavy atom. The Bertz CT molecular complexity index is 980. The molecule has 6 nitrogen and oxygen atoms in total. The minimum atomic E-state index is -0.273. The number of fused-ring (bicyclic) bond motifs is 1. The SMILES string of the molecule is CC(C)(CO)Cn1cc(C(=O)N2CCc3cc(C(C)(C)C)cc([C@@H]4CCCN4)c3C2)cn1. The van der Waals surface area contributed by atoms with Crippen molar-refractivity contribution in [1.82, 2.24) is 20.0 Å². The van der Waals surface area contributed by atoms with Gasteiger partial charge < -0.3 is 15.3 Å². The van der Waals surface area contributed by atoms with Crippen LogP contribution in [0.3, 0.4) is 0 Å². The van der Waals surface area contributed by atoms with E-state index in [2.05, 4.69) is 43.3 Å². The molecule has 0 radical (unpaired) electrons. The molecule has 32 heavy (non-hydrogen) atoms. The van der Waals surface area contributed by atoms with Crippen LogP contribution in [0.25, 0.3) is 0 Å². The number of nitrogens with one attached hydrogen (secondary N) is 1. The van der Waals surface area contributed by atoms with Gasteiger partial charge in [-0.3, -0.25) is 9.48 Å². The molecule has 2 N–H and O–H groups in total. The van der Waals surface area contributed by atoms with Gasteiger partial charge in [0.1, 0.15) is 0 Å². The number of rotatable bonds is 5. The molecule has 0 saturated carbocycles. The molecule has 0 spiro atoms. The first-order valence-electron chi connectivity index (χ1n) is 11.9. The van der Waals surface area contributed by atoms with E-state index < -0.39 is 0 Å². The van der Waals surface area contributed by atoms with Gasteiger partial charge in [0.2, 0.25) is 0 Å². The average Bonchev–Trinajstić information content (AvgIpc) is 3.43. The summed E-state index contributed by atoms with van der Waals surface area (Å²) in [7, 11) is 0. The maximum Gasteiger partial charge on any atom is 0.257 e. The Balaban J connectivity index is 1.59. The van der Waals surface area contributed by atoms with Gasteiger partial charge in [-0.2, -0.15) is 5.10 Å². The zero-order valence-corrected chi connectivity index (χ0v) is 20.2. The van der Waals surface area contributed by atoms with Gasteiger partial charge in [-0.1, -0.05) is 46.8 Å². The smallest absolute Gasteiger partial charge is 0.257 e. The molecule has 1 saturated heterocycles. The van der Waals surface area contributed by atoms with Crippen LogP contribution in [-0.4, -0.2) is 45.4 Å². The quantitative estimate of drug-likeness (QED) is 0.745. The van der Waals surface area contributed by atoms with E-state index in [4.69, 9.17) is 0 Å². The van der Waals surface area contributed by atoms with Crippen molar-refractivity contribution < 1.29 is 9.90 Å². The maximum absolute atomic E-state index is 13.3. The molecule has 1 aromatic heterocycles. The summed E-state index contributed by atoms with van der Waals surface area (Å²) in [5, 5.41) is 17.6. The lowest BCUT2D eigenvalue weighted by molar-refractivity contribution is 0.0733. The summed E-state index contributed by atoms with van der Waals surface area (Å²) >= 11 is 0. The van der Waals surface area contributed by atoms with Crippen molar-refractivity contribution in [1.29, 1.82) is 0 Å². The van der Waals surface area contributed by atoms with E-state index in [0.717, 1.165) is 25.9 Å². The van der Waals surface area contributed by atoms with Gasteiger partial charge in [-0.05, 0) is 53.5 Å². The van der Waals surface area contributed by atoms with Gasteiger partial charge in [0.05, 0.1) is 11.8 Å². The number of aliphatic hydroxyl groups excluding tert-OH is 1. The second-order valence-electron chi connectivity index (χ2n) is 11.3. The number of carbonyl (C=O) groups excluding carboxylic acids is 1. The largest absolute Gasteiger partial charge is 0.396 e. The van der Waals surface area contributed by atoms with Crippen molar-refractivity contribution in [3.63, 3.8) is 0 Å². The lowest BCUT2D eigenvalue weighted by Crippen LogP contribution is -2.37. The van der Waals surface area contributed by atoms with Gasteiger partial charge in [0.25, 0.3) is 5.91 Å². The molecule has 2 aromatic rings. The lowest BCUT2D eigenvalue weighted by Gasteiger charge is -2.33. The zero-order chi connectivity index (χ0) is 23.1. The molecule has 4 rings (SSSR count).